The zero-order valence-electron chi connectivity index (χ0n) is 10.7. The number of carboxylic acids is 1. The van der Waals surface area contributed by atoms with E-state index in [0.29, 0.717) is 17.9 Å². The second-order valence-corrected chi connectivity index (χ2v) is 4.08. The van der Waals surface area contributed by atoms with E-state index in [1.807, 2.05) is 6.07 Å². The minimum absolute atomic E-state index is 0.468. The van der Waals surface area contributed by atoms with Gasteiger partial charge >= 0.3 is 5.97 Å². The Morgan fingerprint density at radius 1 is 1.61 bits per heavy atom. The number of ether oxygens (including phenoxy) is 1. The van der Waals surface area contributed by atoms with Crippen LogP contribution in [0.25, 0.3) is 0 Å². The van der Waals surface area contributed by atoms with E-state index in [2.05, 4.69) is 0 Å². The lowest BCUT2D eigenvalue weighted by atomic mass is 10.1. The largest absolute Gasteiger partial charge is 0.495 e. The first-order valence-corrected chi connectivity index (χ1v) is 5.49. The molecule has 0 fully saturated rings. The van der Waals surface area contributed by atoms with Crippen LogP contribution >= 0.6 is 0 Å². The van der Waals surface area contributed by atoms with Crippen molar-refractivity contribution in [1.29, 1.82) is 5.26 Å². The highest BCUT2D eigenvalue weighted by Gasteiger charge is 2.17. The summed E-state index contributed by atoms with van der Waals surface area (Å²) in [6, 6.07) is 6.70. The van der Waals surface area contributed by atoms with Crippen LogP contribution in [0.15, 0.2) is 18.2 Å². The number of hydrogen-bond donors (Lipinski definition) is 1. The molecule has 1 aromatic rings. The number of nitrogens with zero attached hydrogens (tertiary/aromatic N) is 2. The number of nitriles is 1. The van der Waals surface area contributed by atoms with Crippen molar-refractivity contribution in [3.05, 3.63) is 29.3 Å². The Bertz CT molecular complexity index is 480. The first-order valence-electron chi connectivity index (χ1n) is 5.49. The molecule has 0 saturated heterocycles. The van der Waals surface area contributed by atoms with Crippen molar-refractivity contribution in [2.75, 3.05) is 14.2 Å². The summed E-state index contributed by atoms with van der Waals surface area (Å²) in [6.45, 7) is 2.11. The Kier molecular flexibility index (Phi) is 4.69. The van der Waals surface area contributed by atoms with Crippen LogP contribution in [0.5, 0.6) is 5.75 Å². The molecule has 18 heavy (non-hydrogen) atoms. The van der Waals surface area contributed by atoms with E-state index in [0.717, 1.165) is 5.56 Å². The van der Waals surface area contributed by atoms with Gasteiger partial charge in [-0.3, -0.25) is 9.69 Å². The van der Waals surface area contributed by atoms with Gasteiger partial charge in [0.1, 0.15) is 17.9 Å². The molecular formula is C13H16N2O3. The monoisotopic (exact) mass is 248 g/mol. The summed E-state index contributed by atoms with van der Waals surface area (Å²) in [6.07, 6.45) is 0. The van der Waals surface area contributed by atoms with Gasteiger partial charge in [0.15, 0.2) is 0 Å². The third kappa shape index (κ3) is 3.22. The van der Waals surface area contributed by atoms with E-state index in [9.17, 15) is 4.79 Å². The molecule has 0 saturated carbocycles. The fraction of sp³-hybridized carbons (Fsp3) is 0.385. The Balaban J connectivity index is 2.86. The van der Waals surface area contributed by atoms with Gasteiger partial charge in [-0.05, 0) is 31.7 Å². The zero-order chi connectivity index (χ0) is 13.7. The summed E-state index contributed by atoms with van der Waals surface area (Å²) in [4.78, 5) is 12.6. The molecule has 1 aromatic carbocycles. The molecule has 0 amide bonds. The maximum atomic E-state index is 10.8. The van der Waals surface area contributed by atoms with Gasteiger partial charge in [0.25, 0.3) is 0 Å². The predicted octanol–water partition coefficient (Wildman–Crippen LogP) is 1.47. The Morgan fingerprint density at radius 2 is 2.28 bits per heavy atom. The minimum atomic E-state index is -0.863. The van der Waals surface area contributed by atoms with Gasteiger partial charge in [0.05, 0.1) is 12.7 Å². The maximum Gasteiger partial charge on any atom is 0.320 e. The molecule has 1 N–H and O–H groups in total. The minimum Gasteiger partial charge on any atom is -0.495 e. The van der Waals surface area contributed by atoms with E-state index in [1.165, 1.54) is 7.11 Å². The molecular weight excluding hydrogens is 232 g/mol. The molecule has 96 valence electrons. The number of carbonyl (C=O) groups is 1. The fourth-order valence-corrected chi connectivity index (χ4v) is 1.54. The summed E-state index contributed by atoms with van der Waals surface area (Å²) in [5, 5.41) is 17.8. The summed E-state index contributed by atoms with van der Waals surface area (Å²) < 4.78 is 5.11. The van der Waals surface area contributed by atoms with Gasteiger partial charge in [0.2, 0.25) is 0 Å². The average molecular weight is 248 g/mol. The van der Waals surface area contributed by atoms with E-state index in [4.69, 9.17) is 15.1 Å². The van der Waals surface area contributed by atoms with Gasteiger partial charge < -0.3 is 9.84 Å². The standard InChI is InChI=1S/C13H16N2O3/c1-9(13(16)17)15(2)8-10-4-5-11(7-14)12(6-10)18-3/h4-6,9H,8H2,1-3H3,(H,16,17). The molecule has 0 aliphatic rings. The maximum absolute atomic E-state index is 10.8. The highest BCUT2D eigenvalue weighted by molar-refractivity contribution is 5.72. The van der Waals surface area contributed by atoms with Crippen molar-refractivity contribution in [3.8, 4) is 11.8 Å². The molecule has 0 heterocycles. The number of methoxy groups -OCH3 is 1. The number of likely N-dealkylation sites (N-methyl/N-ethyl adjacent to an activating group) is 1. The molecule has 0 spiro atoms. The second-order valence-electron chi connectivity index (χ2n) is 4.08. The highest BCUT2D eigenvalue weighted by Crippen LogP contribution is 2.20. The number of rotatable bonds is 5. The predicted molar refractivity (Wildman–Crippen MR) is 66.3 cm³/mol. The van der Waals surface area contributed by atoms with Crippen LogP contribution in [0, 0.1) is 11.3 Å². The van der Waals surface area contributed by atoms with Crippen molar-refractivity contribution in [2.45, 2.75) is 19.5 Å². The lowest BCUT2D eigenvalue weighted by Crippen LogP contribution is -2.35. The third-order valence-electron chi connectivity index (χ3n) is 2.84. The van der Waals surface area contributed by atoms with Crippen LogP contribution in [0.4, 0.5) is 0 Å². The van der Waals surface area contributed by atoms with Crippen LogP contribution < -0.4 is 4.74 Å². The van der Waals surface area contributed by atoms with Crippen LogP contribution in [0.1, 0.15) is 18.1 Å². The van der Waals surface area contributed by atoms with Crippen LogP contribution in [-0.2, 0) is 11.3 Å². The van der Waals surface area contributed by atoms with E-state index < -0.39 is 12.0 Å². The topological polar surface area (TPSA) is 73.6 Å². The highest BCUT2D eigenvalue weighted by atomic mass is 16.5. The van der Waals surface area contributed by atoms with Crippen molar-refractivity contribution in [1.82, 2.24) is 4.90 Å². The number of carboxylic acid groups (broad SMARTS) is 1. The summed E-state index contributed by atoms with van der Waals surface area (Å²) in [7, 11) is 3.24. The van der Waals surface area contributed by atoms with Gasteiger partial charge in [-0.25, -0.2) is 0 Å². The van der Waals surface area contributed by atoms with Crippen molar-refractivity contribution in [3.63, 3.8) is 0 Å². The fourth-order valence-electron chi connectivity index (χ4n) is 1.54. The SMILES string of the molecule is COc1cc(CN(C)C(C)C(=O)O)ccc1C#N. The van der Waals surface area contributed by atoms with Crippen LogP contribution in [0.3, 0.4) is 0 Å². The number of hydrogen-bond acceptors (Lipinski definition) is 4. The molecule has 5 nitrogen and oxygen atoms in total. The second kappa shape index (κ2) is 6.03. The molecule has 0 aliphatic carbocycles. The molecule has 5 heteroatoms. The van der Waals surface area contributed by atoms with E-state index in [1.54, 1.807) is 37.1 Å². The Hall–Kier alpha value is -2.06. The van der Waals surface area contributed by atoms with E-state index >= 15 is 0 Å². The molecule has 1 unspecified atom stereocenters. The Morgan fingerprint density at radius 3 is 2.78 bits per heavy atom. The number of benzene rings is 1. The zero-order valence-corrected chi connectivity index (χ0v) is 10.7. The molecule has 0 aliphatic heterocycles. The number of aliphatic carboxylic acids is 1. The first-order chi connectivity index (χ1) is 8.49. The van der Waals surface area contributed by atoms with Crippen molar-refractivity contribution in [2.24, 2.45) is 0 Å². The quantitative estimate of drug-likeness (QED) is 0.854. The van der Waals surface area contributed by atoms with Gasteiger partial charge in [0, 0.05) is 6.54 Å². The van der Waals surface area contributed by atoms with Gasteiger partial charge in [-0.2, -0.15) is 5.26 Å². The summed E-state index contributed by atoms with van der Waals surface area (Å²) in [5.41, 5.74) is 1.37. The summed E-state index contributed by atoms with van der Waals surface area (Å²) >= 11 is 0. The van der Waals surface area contributed by atoms with Gasteiger partial charge in [-0.1, -0.05) is 6.07 Å². The lowest BCUT2D eigenvalue weighted by Gasteiger charge is -2.21. The van der Waals surface area contributed by atoms with E-state index in [-0.39, 0.29) is 0 Å². The smallest absolute Gasteiger partial charge is 0.320 e. The average Bonchev–Trinajstić information content (AvgIpc) is 2.37. The van der Waals surface area contributed by atoms with Crippen LogP contribution in [0.2, 0.25) is 0 Å². The molecule has 0 radical (unpaired) electrons. The molecule has 0 bridgehead atoms. The van der Waals surface area contributed by atoms with Crippen LogP contribution in [-0.4, -0.2) is 36.2 Å². The third-order valence-corrected chi connectivity index (χ3v) is 2.84. The van der Waals surface area contributed by atoms with Gasteiger partial charge in [-0.15, -0.1) is 0 Å². The lowest BCUT2D eigenvalue weighted by molar-refractivity contribution is -0.142. The first kappa shape index (κ1) is 14.0. The Labute approximate surface area is 106 Å². The molecule has 1 atom stereocenters. The normalized spacial score (nSPS) is 11.9. The summed E-state index contributed by atoms with van der Waals surface area (Å²) in [5.74, 6) is -0.357. The van der Waals surface area contributed by atoms with Crippen molar-refractivity contribution >= 4 is 5.97 Å². The molecule has 1 rings (SSSR count). The van der Waals surface area contributed by atoms with Crippen molar-refractivity contribution < 1.29 is 14.6 Å². The molecule has 0 aromatic heterocycles.